The molecule has 0 aliphatic heterocycles. The number of nitrogens with one attached hydrogen (secondary N) is 1. The van der Waals surface area contributed by atoms with Gasteiger partial charge in [-0.3, -0.25) is 9.59 Å². The van der Waals surface area contributed by atoms with Gasteiger partial charge in [0.15, 0.2) is 24.1 Å². The molecule has 2 aromatic rings. The predicted octanol–water partition coefficient (Wildman–Crippen LogP) is 4.46. The molecule has 0 aliphatic carbocycles. The van der Waals surface area contributed by atoms with Crippen molar-refractivity contribution in [1.82, 2.24) is 0 Å². The van der Waals surface area contributed by atoms with Crippen LogP contribution in [0.5, 0.6) is 5.75 Å². The largest absolute Gasteiger partial charge is 0.481 e. The van der Waals surface area contributed by atoms with Crippen molar-refractivity contribution in [2.45, 2.75) is 0 Å². The van der Waals surface area contributed by atoms with E-state index in [9.17, 15) is 22.8 Å². The molecule has 9 heteroatoms. The summed E-state index contributed by atoms with van der Waals surface area (Å²) < 4.78 is 45.5. The Bertz CT molecular complexity index is 792. The van der Waals surface area contributed by atoms with Crippen LogP contribution in [0.25, 0.3) is 0 Å². The fraction of sp³-hybridized carbons (Fsp3) is 0.0667. The number of amides is 1. The van der Waals surface area contributed by atoms with E-state index >= 15 is 0 Å². The third-order valence-corrected chi connectivity index (χ3v) is 3.99. The zero-order valence-electron chi connectivity index (χ0n) is 11.7. The summed E-state index contributed by atoms with van der Waals surface area (Å²) in [7, 11) is 0. The quantitative estimate of drug-likeness (QED) is 0.523. The van der Waals surface area contributed by atoms with Gasteiger partial charge in [0.2, 0.25) is 0 Å². The Morgan fingerprint density at radius 1 is 1.12 bits per heavy atom. The van der Waals surface area contributed by atoms with Crippen molar-refractivity contribution in [3.05, 3.63) is 56.2 Å². The highest BCUT2D eigenvalue weighted by Gasteiger charge is 2.16. The molecular weight excluding hydrogens is 459 g/mol. The minimum atomic E-state index is -1.68. The molecule has 24 heavy (non-hydrogen) atoms. The lowest BCUT2D eigenvalue weighted by Crippen LogP contribution is -2.21. The van der Waals surface area contributed by atoms with Crippen molar-refractivity contribution in [2.75, 3.05) is 11.9 Å². The van der Waals surface area contributed by atoms with Crippen LogP contribution >= 0.6 is 31.9 Å². The van der Waals surface area contributed by atoms with Gasteiger partial charge in [-0.1, -0.05) is 0 Å². The summed E-state index contributed by atoms with van der Waals surface area (Å²) in [6.45, 7) is -0.518. The van der Waals surface area contributed by atoms with Gasteiger partial charge >= 0.3 is 0 Å². The molecule has 1 N–H and O–H groups in total. The second-order valence-electron chi connectivity index (χ2n) is 4.49. The summed E-state index contributed by atoms with van der Waals surface area (Å²) in [5, 5.41) is 2.08. The highest BCUT2D eigenvalue weighted by molar-refractivity contribution is 9.11. The maximum absolute atomic E-state index is 13.5. The lowest BCUT2D eigenvalue weighted by atomic mass is 10.2. The van der Waals surface area contributed by atoms with Crippen LogP contribution in [-0.4, -0.2) is 18.8 Å². The number of carbonyl (C=O) groups is 2. The highest BCUT2D eigenvalue weighted by atomic mass is 79.9. The maximum Gasteiger partial charge on any atom is 0.262 e. The van der Waals surface area contributed by atoms with Crippen molar-refractivity contribution in [1.29, 1.82) is 0 Å². The van der Waals surface area contributed by atoms with E-state index in [4.69, 9.17) is 4.74 Å². The molecule has 2 rings (SSSR count). The molecule has 126 valence electrons. The number of carbonyl (C=O) groups excluding carboxylic acids is 2. The summed E-state index contributed by atoms with van der Waals surface area (Å²) >= 11 is 6.38. The monoisotopic (exact) mass is 465 g/mol. The SMILES string of the molecule is O=Cc1cc(Br)c(OCC(=O)Nc2ccc(F)c(F)c2F)c(Br)c1. The van der Waals surface area contributed by atoms with Gasteiger partial charge in [0.05, 0.1) is 14.6 Å². The fourth-order valence-corrected chi connectivity index (χ4v) is 3.18. The Morgan fingerprint density at radius 2 is 1.75 bits per heavy atom. The summed E-state index contributed by atoms with van der Waals surface area (Å²) in [5.74, 6) is -5.06. The first-order valence-electron chi connectivity index (χ1n) is 6.34. The Balaban J connectivity index is 2.07. The zero-order valence-corrected chi connectivity index (χ0v) is 14.9. The maximum atomic E-state index is 13.5. The minimum absolute atomic E-state index is 0.251. The number of halogens is 5. The Morgan fingerprint density at radius 3 is 2.33 bits per heavy atom. The molecule has 0 spiro atoms. The number of anilines is 1. The smallest absolute Gasteiger partial charge is 0.262 e. The predicted molar refractivity (Wildman–Crippen MR) is 87.7 cm³/mol. The van der Waals surface area contributed by atoms with E-state index in [-0.39, 0.29) is 5.75 Å². The molecule has 0 radical (unpaired) electrons. The topological polar surface area (TPSA) is 55.4 Å². The summed E-state index contributed by atoms with van der Waals surface area (Å²) in [6, 6.07) is 4.57. The van der Waals surface area contributed by atoms with Crippen molar-refractivity contribution in [3.63, 3.8) is 0 Å². The zero-order chi connectivity index (χ0) is 17.9. The molecule has 0 atom stereocenters. The molecular formula is C15H8Br2F3NO3. The van der Waals surface area contributed by atoms with Crippen LogP contribution in [0.15, 0.2) is 33.2 Å². The number of benzene rings is 2. The minimum Gasteiger partial charge on any atom is -0.481 e. The number of hydrogen-bond acceptors (Lipinski definition) is 3. The Kier molecular flexibility index (Phi) is 6.00. The third kappa shape index (κ3) is 4.15. The second-order valence-corrected chi connectivity index (χ2v) is 6.20. The second kappa shape index (κ2) is 7.80. The Labute approximate surface area is 151 Å². The molecule has 0 saturated heterocycles. The van der Waals surface area contributed by atoms with Gasteiger partial charge in [-0.25, -0.2) is 13.2 Å². The number of aldehydes is 1. The lowest BCUT2D eigenvalue weighted by Gasteiger charge is -2.11. The standard InChI is InChI=1S/C15H8Br2F3NO3/c16-8-3-7(5-22)4-9(17)15(8)24-6-12(23)21-11-2-1-10(18)13(19)14(11)20/h1-5H,6H2,(H,21,23). The number of rotatable bonds is 5. The van der Waals surface area contributed by atoms with E-state index in [1.807, 2.05) is 0 Å². The van der Waals surface area contributed by atoms with Gasteiger partial charge < -0.3 is 10.1 Å². The first-order valence-corrected chi connectivity index (χ1v) is 7.92. The van der Waals surface area contributed by atoms with Crippen LogP contribution in [-0.2, 0) is 4.79 Å². The lowest BCUT2D eigenvalue weighted by molar-refractivity contribution is -0.118. The van der Waals surface area contributed by atoms with Crippen molar-refractivity contribution < 1.29 is 27.5 Å². The van der Waals surface area contributed by atoms with E-state index < -0.39 is 35.7 Å². The molecule has 1 amide bonds. The molecule has 0 heterocycles. The fourth-order valence-electron chi connectivity index (χ4n) is 1.73. The van der Waals surface area contributed by atoms with Gasteiger partial charge in [0.1, 0.15) is 12.0 Å². The van der Waals surface area contributed by atoms with Gasteiger partial charge in [0.25, 0.3) is 5.91 Å². The highest BCUT2D eigenvalue weighted by Crippen LogP contribution is 2.34. The van der Waals surface area contributed by atoms with Gasteiger partial charge in [-0.05, 0) is 56.1 Å². The van der Waals surface area contributed by atoms with Crippen molar-refractivity contribution in [2.24, 2.45) is 0 Å². The first kappa shape index (κ1) is 18.5. The van der Waals surface area contributed by atoms with Crippen LogP contribution in [0.3, 0.4) is 0 Å². The van der Waals surface area contributed by atoms with E-state index in [2.05, 4.69) is 37.2 Å². The summed E-state index contributed by atoms with van der Waals surface area (Å²) in [5.41, 5.74) is -0.119. The van der Waals surface area contributed by atoms with Crippen LogP contribution in [0, 0.1) is 17.5 Å². The number of ether oxygens (including phenoxy) is 1. The molecule has 0 fully saturated rings. The van der Waals surface area contributed by atoms with E-state index in [0.29, 0.717) is 26.9 Å². The van der Waals surface area contributed by atoms with E-state index in [1.165, 1.54) is 12.1 Å². The average Bonchev–Trinajstić information content (AvgIpc) is 2.54. The van der Waals surface area contributed by atoms with Crippen LogP contribution in [0.1, 0.15) is 10.4 Å². The summed E-state index contributed by atoms with van der Waals surface area (Å²) in [4.78, 5) is 22.5. The molecule has 0 saturated carbocycles. The van der Waals surface area contributed by atoms with Gasteiger partial charge in [-0.2, -0.15) is 0 Å². The first-order chi connectivity index (χ1) is 11.3. The molecule has 2 aromatic carbocycles. The molecule has 0 bridgehead atoms. The molecule has 0 aromatic heterocycles. The van der Waals surface area contributed by atoms with Crippen LogP contribution in [0.4, 0.5) is 18.9 Å². The summed E-state index contributed by atoms with van der Waals surface area (Å²) in [6.07, 6.45) is 0.637. The van der Waals surface area contributed by atoms with E-state index in [1.54, 1.807) is 0 Å². The Hall–Kier alpha value is -1.87. The molecule has 0 unspecified atom stereocenters. The van der Waals surface area contributed by atoms with E-state index in [0.717, 1.165) is 6.07 Å². The molecule has 4 nitrogen and oxygen atoms in total. The normalized spacial score (nSPS) is 10.4. The van der Waals surface area contributed by atoms with Gasteiger partial charge in [-0.15, -0.1) is 0 Å². The van der Waals surface area contributed by atoms with Crippen molar-refractivity contribution >= 4 is 49.7 Å². The van der Waals surface area contributed by atoms with Gasteiger partial charge in [0, 0.05) is 5.56 Å². The van der Waals surface area contributed by atoms with Crippen LogP contribution < -0.4 is 10.1 Å². The average molecular weight is 467 g/mol. The molecule has 0 aliphatic rings. The van der Waals surface area contributed by atoms with Crippen LogP contribution in [0.2, 0.25) is 0 Å². The third-order valence-electron chi connectivity index (χ3n) is 2.81. The van der Waals surface area contributed by atoms with Crippen molar-refractivity contribution in [3.8, 4) is 5.75 Å². The number of hydrogen-bond donors (Lipinski definition) is 1.